The summed E-state index contributed by atoms with van der Waals surface area (Å²) >= 11 is 0. The van der Waals surface area contributed by atoms with E-state index >= 15 is 0 Å². The maximum Gasteiger partial charge on any atom is 0.322 e. The van der Waals surface area contributed by atoms with E-state index in [1.54, 1.807) is 0 Å². The molecule has 0 aromatic heterocycles. The molecule has 9 nitrogen and oxygen atoms in total. The third-order valence-electron chi connectivity index (χ3n) is 1.96. The van der Waals surface area contributed by atoms with Gasteiger partial charge in [0.1, 0.15) is 12.6 Å². The van der Waals surface area contributed by atoms with Gasteiger partial charge in [0.05, 0.1) is 0 Å². The topological polar surface area (TPSA) is 164 Å². The van der Waals surface area contributed by atoms with Gasteiger partial charge in [0.15, 0.2) is 5.92 Å². The van der Waals surface area contributed by atoms with Crippen molar-refractivity contribution in [1.82, 2.24) is 0 Å². The Labute approximate surface area is 101 Å². The molecule has 0 aliphatic rings. The molecule has 0 saturated heterocycles. The molecule has 0 spiro atoms. The predicted octanol–water partition coefficient (Wildman–Crippen LogP) is -1.49. The zero-order valence-corrected chi connectivity index (χ0v) is 9.24. The van der Waals surface area contributed by atoms with Crippen LogP contribution in [0.5, 0.6) is 0 Å². The number of carbonyl (C=O) groups excluding carboxylic acids is 1. The van der Waals surface area contributed by atoms with Crippen LogP contribution in [0.2, 0.25) is 0 Å². The summed E-state index contributed by atoms with van der Waals surface area (Å²) in [5, 5.41) is 25.3. The van der Waals surface area contributed by atoms with Gasteiger partial charge in [-0.2, -0.15) is 0 Å². The van der Waals surface area contributed by atoms with E-state index in [-0.39, 0.29) is 12.8 Å². The number of carboxylic acids is 3. The predicted molar refractivity (Wildman–Crippen MR) is 54.6 cm³/mol. The second-order valence-corrected chi connectivity index (χ2v) is 3.40. The van der Waals surface area contributed by atoms with Crippen LogP contribution in [0.15, 0.2) is 0 Å². The SMILES string of the molecule is N[C@@H](CCC(=O)O)C(=O)OCC(C(=O)O)C(=O)O. The number of carbonyl (C=O) groups is 4. The molecule has 9 heteroatoms. The van der Waals surface area contributed by atoms with Crippen LogP contribution in [0, 0.1) is 5.92 Å². The largest absolute Gasteiger partial charge is 0.481 e. The van der Waals surface area contributed by atoms with Gasteiger partial charge >= 0.3 is 23.9 Å². The van der Waals surface area contributed by atoms with Crippen molar-refractivity contribution in [2.75, 3.05) is 6.61 Å². The Kier molecular flexibility index (Phi) is 6.35. The number of nitrogens with two attached hydrogens (primary N) is 1. The Balaban J connectivity index is 4.19. The van der Waals surface area contributed by atoms with E-state index in [0.717, 1.165) is 0 Å². The first kappa shape index (κ1) is 15.8. The van der Waals surface area contributed by atoms with Gasteiger partial charge in [0, 0.05) is 6.42 Å². The summed E-state index contributed by atoms with van der Waals surface area (Å²) in [6.45, 7) is -0.857. The minimum atomic E-state index is -1.87. The molecule has 1 atom stereocenters. The van der Waals surface area contributed by atoms with E-state index in [1.165, 1.54) is 0 Å². The summed E-state index contributed by atoms with van der Waals surface area (Å²) < 4.78 is 4.40. The smallest absolute Gasteiger partial charge is 0.322 e. The monoisotopic (exact) mass is 263 g/mol. The third kappa shape index (κ3) is 5.80. The summed E-state index contributed by atoms with van der Waals surface area (Å²) in [5.41, 5.74) is 5.27. The van der Waals surface area contributed by atoms with Gasteiger partial charge in [-0.05, 0) is 6.42 Å². The molecule has 0 unspecified atom stereocenters. The molecule has 0 heterocycles. The number of ether oxygens (including phenoxy) is 1. The van der Waals surface area contributed by atoms with Gasteiger partial charge in [0.2, 0.25) is 0 Å². The van der Waals surface area contributed by atoms with Gasteiger partial charge in [-0.1, -0.05) is 0 Å². The fourth-order valence-corrected chi connectivity index (χ4v) is 0.918. The normalized spacial score (nSPS) is 11.9. The van der Waals surface area contributed by atoms with Gasteiger partial charge in [-0.3, -0.25) is 19.2 Å². The van der Waals surface area contributed by atoms with Crippen molar-refractivity contribution in [2.24, 2.45) is 11.7 Å². The van der Waals surface area contributed by atoms with Crippen molar-refractivity contribution >= 4 is 23.9 Å². The highest BCUT2D eigenvalue weighted by atomic mass is 16.5. The Morgan fingerprint density at radius 3 is 1.94 bits per heavy atom. The Hall–Kier alpha value is -2.16. The third-order valence-corrected chi connectivity index (χ3v) is 1.96. The van der Waals surface area contributed by atoms with Crippen molar-refractivity contribution in [1.29, 1.82) is 0 Å². The highest BCUT2D eigenvalue weighted by molar-refractivity contribution is 5.93. The first-order valence-corrected chi connectivity index (χ1v) is 4.85. The van der Waals surface area contributed by atoms with E-state index in [1.807, 2.05) is 0 Å². The summed E-state index contributed by atoms with van der Waals surface area (Å²) in [7, 11) is 0. The van der Waals surface area contributed by atoms with Crippen molar-refractivity contribution in [3.63, 3.8) is 0 Å². The molecule has 102 valence electrons. The lowest BCUT2D eigenvalue weighted by atomic mass is 10.1. The second kappa shape index (κ2) is 7.22. The second-order valence-electron chi connectivity index (χ2n) is 3.40. The molecule has 18 heavy (non-hydrogen) atoms. The van der Waals surface area contributed by atoms with E-state index in [9.17, 15) is 19.2 Å². The zero-order chi connectivity index (χ0) is 14.3. The molecule has 0 bridgehead atoms. The van der Waals surface area contributed by atoms with Crippen LogP contribution >= 0.6 is 0 Å². The molecular weight excluding hydrogens is 250 g/mol. The molecule has 0 radical (unpaired) electrons. The lowest BCUT2D eigenvalue weighted by Gasteiger charge is -2.12. The molecular formula is C9H13NO8. The summed E-state index contributed by atoms with van der Waals surface area (Å²) in [4.78, 5) is 42.3. The van der Waals surface area contributed by atoms with Gasteiger partial charge in [0.25, 0.3) is 0 Å². The molecule has 0 aliphatic heterocycles. The number of hydrogen-bond acceptors (Lipinski definition) is 6. The minimum absolute atomic E-state index is 0.182. The average Bonchev–Trinajstić information content (AvgIpc) is 2.24. The molecule has 0 aromatic carbocycles. The minimum Gasteiger partial charge on any atom is -0.481 e. The van der Waals surface area contributed by atoms with E-state index in [2.05, 4.69) is 4.74 Å². The number of esters is 1. The fourth-order valence-electron chi connectivity index (χ4n) is 0.918. The van der Waals surface area contributed by atoms with E-state index in [0.29, 0.717) is 0 Å². The number of aliphatic carboxylic acids is 3. The molecule has 0 rings (SSSR count). The fraction of sp³-hybridized carbons (Fsp3) is 0.556. The van der Waals surface area contributed by atoms with Gasteiger partial charge < -0.3 is 25.8 Å². The molecule has 0 aromatic rings. The van der Waals surface area contributed by atoms with Crippen molar-refractivity contribution in [3.8, 4) is 0 Å². The Bertz CT molecular complexity index is 338. The van der Waals surface area contributed by atoms with E-state index in [4.69, 9.17) is 21.1 Å². The lowest BCUT2D eigenvalue weighted by molar-refractivity contribution is -0.160. The quantitative estimate of drug-likeness (QED) is 0.301. The number of carboxylic acid groups (broad SMARTS) is 3. The molecule has 0 aliphatic carbocycles. The molecule has 0 saturated carbocycles. The summed E-state index contributed by atoms with van der Waals surface area (Å²) in [6, 6.07) is -1.23. The van der Waals surface area contributed by atoms with Crippen LogP contribution in [0.1, 0.15) is 12.8 Å². The van der Waals surface area contributed by atoms with Crippen LogP contribution in [-0.4, -0.2) is 51.8 Å². The van der Waals surface area contributed by atoms with Crippen LogP contribution < -0.4 is 5.73 Å². The highest BCUT2D eigenvalue weighted by Crippen LogP contribution is 2.02. The molecule has 0 amide bonds. The Morgan fingerprint density at radius 1 is 1.06 bits per heavy atom. The van der Waals surface area contributed by atoms with Crippen molar-refractivity contribution < 1.29 is 39.2 Å². The van der Waals surface area contributed by atoms with Crippen molar-refractivity contribution in [2.45, 2.75) is 18.9 Å². The van der Waals surface area contributed by atoms with Crippen molar-refractivity contribution in [3.05, 3.63) is 0 Å². The van der Waals surface area contributed by atoms with Crippen LogP contribution in [0.25, 0.3) is 0 Å². The maximum atomic E-state index is 11.2. The van der Waals surface area contributed by atoms with Crippen LogP contribution in [-0.2, 0) is 23.9 Å². The highest BCUT2D eigenvalue weighted by Gasteiger charge is 2.28. The Morgan fingerprint density at radius 2 is 1.56 bits per heavy atom. The first-order valence-electron chi connectivity index (χ1n) is 4.85. The summed E-state index contributed by atoms with van der Waals surface area (Å²) in [5.74, 6) is -7.35. The van der Waals surface area contributed by atoms with Gasteiger partial charge in [-0.25, -0.2) is 0 Å². The van der Waals surface area contributed by atoms with E-state index < -0.39 is 42.4 Å². The summed E-state index contributed by atoms with van der Waals surface area (Å²) in [6.07, 6.45) is -0.531. The maximum absolute atomic E-state index is 11.2. The number of hydrogen-bond donors (Lipinski definition) is 4. The van der Waals surface area contributed by atoms with Gasteiger partial charge in [-0.15, -0.1) is 0 Å². The lowest BCUT2D eigenvalue weighted by Crippen LogP contribution is -2.36. The molecule has 5 N–H and O–H groups in total. The standard InChI is InChI=1S/C9H13NO8/c10-5(1-2-6(11)12)9(17)18-3-4(7(13)14)8(15)16/h4-5H,1-3,10H2,(H,11,12)(H,13,14)(H,15,16)/t5-/m0/s1. The number of rotatable bonds is 8. The zero-order valence-electron chi connectivity index (χ0n) is 9.24. The average molecular weight is 263 g/mol. The first-order chi connectivity index (χ1) is 8.25. The van der Waals surface area contributed by atoms with Crippen LogP contribution in [0.3, 0.4) is 0 Å². The molecule has 0 fully saturated rings. The van der Waals surface area contributed by atoms with Crippen LogP contribution in [0.4, 0.5) is 0 Å².